The molecule has 0 bridgehead atoms. The molecule has 0 atom stereocenters. The van der Waals surface area contributed by atoms with Gasteiger partial charge in [0.1, 0.15) is 29.3 Å². The summed E-state index contributed by atoms with van der Waals surface area (Å²) >= 11 is 1.10. The lowest BCUT2D eigenvalue weighted by Gasteiger charge is -2.28. The summed E-state index contributed by atoms with van der Waals surface area (Å²) in [5.74, 6) is -0.468. The lowest BCUT2D eigenvalue weighted by Crippen LogP contribution is -2.36. The Hall–Kier alpha value is -4.40. The van der Waals surface area contributed by atoms with Crippen molar-refractivity contribution >= 4 is 23.0 Å². The number of benzene rings is 1. The largest absolute Gasteiger partial charge is 0.477 e. The number of ether oxygens (including phenoxy) is 3. The first-order valence-electron chi connectivity index (χ1n) is 12.0. The number of hydrogen-bond acceptors (Lipinski definition) is 10. The Balaban J connectivity index is 1.51. The fraction of sp³-hybridized carbons (Fsp3) is 0.259. The highest BCUT2D eigenvalue weighted by Crippen LogP contribution is 2.35. The first kappa shape index (κ1) is 25.3. The van der Waals surface area contributed by atoms with Crippen LogP contribution in [0.4, 0.5) is 5.69 Å². The van der Waals surface area contributed by atoms with E-state index >= 15 is 0 Å². The molecule has 0 saturated carbocycles. The Bertz CT molecular complexity index is 1470. The molecular weight excluding hydrogens is 508 g/mol. The van der Waals surface area contributed by atoms with Crippen molar-refractivity contribution in [1.82, 2.24) is 9.97 Å². The van der Waals surface area contributed by atoms with Gasteiger partial charge in [0.05, 0.1) is 31.1 Å². The predicted molar refractivity (Wildman–Crippen MR) is 140 cm³/mol. The predicted octanol–water partition coefficient (Wildman–Crippen LogP) is 4.85. The summed E-state index contributed by atoms with van der Waals surface area (Å²) in [6, 6.07) is 15.1. The van der Waals surface area contributed by atoms with E-state index in [1.807, 2.05) is 31.2 Å². The molecule has 1 aliphatic heterocycles. The molecule has 1 N–H and O–H groups in total. The highest BCUT2D eigenvalue weighted by atomic mass is 32.1. The van der Waals surface area contributed by atoms with Gasteiger partial charge in [0, 0.05) is 29.2 Å². The van der Waals surface area contributed by atoms with E-state index in [0.29, 0.717) is 36.0 Å². The Morgan fingerprint density at radius 3 is 2.66 bits per heavy atom. The lowest BCUT2D eigenvalue weighted by atomic mass is 10.0. The number of aromatic nitrogens is 2. The Labute approximate surface area is 222 Å². The highest BCUT2D eigenvalue weighted by molar-refractivity contribution is 7.13. The number of rotatable bonds is 9. The van der Waals surface area contributed by atoms with Gasteiger partial charge in [-0.3, -0.25) is 0 Å². The van der Waals surface area contributed by atoms with Gasteiger partial charge < -0.3 is 28.6 Å². The second-order valence-corrected chi connectivity index (χ2v) is 9.44. The molecule has 0 amide bonds. The minimum absolute atomic E-state index is 0.0499. The summed E-state index contributed by atoms with van der Waals surface area (Å²) in [5.41, 5.74) is 3.03. The Morgan fingerprint density at radius 2 is 1.97 bits per heavy atom. The molecule has 38 heavy (non-hydrogen) atoms. The molecule has 0 unspecified atom stereocenters. The normalized spacial score (nSPS) is 13.2. The van der Waals surface area contributed by atoms with Gasteiger partial charge in [-0.2, -0.15) is 5.26 Å². The lowest BCUT2D eigenvalue weighted by molar-refractivity contribution is 0.0702. The van der Waals surface area contributed by atoms with Crippen molar-refractivity contribution in [3.63, 3.8) is 0 Å². The Morgan fingerprint density at radius 1 is 1.18 bits per heavy atom. The third-order valence-corrected chi connectivity index (χ3v) is 6.91. The monoisotopic (exact) mass is 532 g/mol. The molecule has 11 heteroatoms. The van der Waals surface area contributed by atoms with Crippen molar-refractivity contribution in [2.75, 3.05) is 37.8 Å². The van der Waals surface area contributed by atoms with Gasteiger partial charge >= 0.3 is 11.9 Å². The van der Waals surface area contributed by atoms with Crippen LogP contribution in [-0.4, -0.2) is 54.0 Å². The van der Waals surface area contributed by atoms with E-state index in [4.69, 9.17) is 18.6 Å². The number of morpholine rings is 1. The van der Waals surface area contributed by atoms with E-state index in [1.165, 1.54) is 12.3 Å². The van der Waals surface area contributed by atoms with Crippen LogP contribution in [0, 0.1) is 11.3 Å². The van der Waals surface area contributed by atoms with Crippen molar-refractivity contribution in [2.45, 2.75) is 13.5 Å². The average Bonchev–Trinajstić information content (AvgIpc) is 3.62. The molecule has 194 valence electrons. The van der Waals surface area contributed by atoms with E-state index in [9.17, 15) is 15.2 Å². The quantitative estimate of drug-likeness (QED) is 0.319. The van der Waals surface area contributed by atoms with Crippen molar-refractivity contribution in [1.29, 1.82) is 5.26 Å². The number of carbonyl (C=O) groups is 1. The average molecular weight is 533 g/mol. The van der Waals surface area contributed by atoms with Crippen LogP contribution in [0.3, 0.4) is 0 Å². The molecular formula is C27H24N4O6S. The summed E-state index contributed by atoms with van der Waals surface area (Å²) in [6.07, 6.45) is 1.46. The molecule has 4 aromatic rings. The van der Waals surface area contributed by atoms with Crippen molar-refractivity contribution in [3.8, 4) is 40.6 Å². The number of nitrogens with zero attached hydrogens (tertiary/aromatic N) is 4. The zero-order valence-corrected chi connectivity index (χ0v) is 21.4. The molecule has 10 nitrogen and oxygen atoms in total. The fourth-order valence-electron chi connectivity index (χ4n) is 4.02. The first-order chi connectivity index (χ1) is 18.6. The second-order valence-electron chi connectivity index (χ2n) is 8.27. The zero-order chi connectivity index (χ0) is 26.5. The minimum atomic E-state index is -1.00. The molecule has 0 radical (unpaired) electrons. The Kier molecular flexibility index (Phi) is 7.53. The maximum Gasteiger partial charge on any atom is 0.345 e. The summed E-state index contributed by atoms with van der Waals surface area (Å²) in [6.45, 7) is 5.34. The van der Waals surface area contributed by atoms with Gasteiger partial charge in [-0.25, -0.2) is 14.8 Å². The number of anilines is 1. The number of aromatic carboxylic acids is 1. The van der Waals surface area contributed by atoms with Gasteiger partial charge in [-0.1, -0.05) is 12.1 Å². The maximum atomic E-state index is 11.2. The summed E-state index contributed by atoms with van der Waals surface area (Å²) in [7, 11) is 0. The molecule has 4 heterocycles. The summed E-state index contributed by atoms with van der Waals surface area (Å²) in [5, 5.41) is 19.2. The van der Waals surface area contributed by atoms with E-state index in [1.54, 1.807) is 12.1 Å². The number of carboxylic acid groups (broad SMARTS) is 1. The van der Waals surface area contributed by atoms with Crippen molar-refractivity contribution in [2.24, 2.45) is 0 Å². The first-order valence-corrected chi connectivity index (χ1v) is 12.8. The van der Waals surface area contributed by atoms with Gasteiger partial charge in [-0.05, 0) is 37.3 Å². The number of nitriles is 1. The topological polar surface area (TPSA) is 131 Å². The smallest absolute Gasteiger partial charge is 0.345 e. The van der Waals surface area contributed by atoms with Crippen LogP contribution in [0.5, 0.6) is 11.8 Å². The van der Waals surface area contributed by atoms with Crippen LogP contribution in [0.1, 0.15) is 27.0 Å². The third-order valence-electron chi connectivity index (χ3n) is 5.86. The number of hydrogen-bond donors (Lipinski definition) is 1. The number of oxazole rings is 1. The van der Waals surface area contributed by atoms with Crippen LogP contribution in [0.2, 0.25) is 0 Å². The van der Waals surface area contributed by atoms with Gasteiger partial charge in [0.2, 0.25) is 11.8 Å². The fourth-order valence-corrected chi connectivity index (χ4v) is 4.78. The number of thiophene rings is 1. The summed E-state index contributed by atoms with van der Waals surface area (Å²) in [4.78, 5) is 23.3. The molecule has 0 aliphatic carbocycles. The van der Waals surface area contributed by atoms with E-state index in [0.717, 1.165) is 35.7 Å². The standard InChI is InChI=1S/C27H24N4O6S/c1-2-35-24-15-29-25(37-24)20-13-22(17-3-5-18(6-4-17)31-9-11-34-12-10-31)30-26(21(20)14-28)36-16-19-7-8-23(38-19)27(32)33/h3-8,13,15H,2,9-12,16H2,1H3,(H,32,33). The summed E-state index contributed by atoms with van der Waals surface area (Å²) < 4.78 is 22.6. The maximum absolute atomic E-state index is 11.2. The zero-order valence-electron chi connectivity index (χ0n) is 20.5. The molecule has 3 aromatic heterocycles. The highest BCUT2D eigenvalue weighted by Gasteiger charge is 2.21. The molecule has 1 fully saturated rings. The molecule has 1 aromatic carbocycles. The van der Waals surface area contributed by atoms with E-state index in [2.05, 4.69) is 20.9 Å². The third kappa shape index (κ3) is 5.46. The SMILES string of the molecule is CCOc1cnc(-c2cc(-c3ccc(N4CCOCC4)cc3)nc(OCc3ccc(C(=O)O)s3)c2C#N)o1. The van der Waals surface area contributed by atoms with Crippen LogP contribution in [0.25, 0.3) is 22.7 Å². The van der Waals surface area contributed by atoms with Crippen molar-refractivity contribution < 1.29 is 28.5 Å². The molecule has 5 rings (SSSR count). The molecule has 1 aliphatic rings. The van der Waals surface area contributed by atoms with Crippen LogP contribution in [-0.2, 0) is 11.3 Å². The van der Waals surface area contributed by atoms with Crippen LogP contribution < -0.4 is 14.4 Å². The van der Waals surface area contributed by atoms with Crippen LogP contribution in [0.15, 0.2) is 53.1 Å². The minimum Gasteiger partial charge on any atom is -0.477 e. The van der Waals surface area contributed by atoms with E-state index in [-0.39, 0.29) is 34.8 Å². The van der Waals surface area contributed by atoms with Gasteiger partial charge in [0.15, 0.2) is 0 Å². The number of carboxylic acids is 1. The van der Waals surface area contributed by atoms with Gasteiger partial charge in [-0.15, -0.1) is 11.3 Å². The van der Waals surface area contributed by atoms with Crippen molar-refractivity contribution in [3.05, 3.63) is 64.0 Å². The van der Waals surface area contributed by atoms with E-state index < -0.39 is 5.97 Å². The van der Waals surface area contributed by atoms with Gasteiger partial charge in [0.25, 0.3) is 0 Å². The second kappa shape index (κ2) is 11.3. The van der Waals surface area contributed by atoms with Crippen LogP contribution >= 0.6 is 11.3 Å². The molecule has 1 saturated heterocycles. The number of pyridine rings is 1. The molecule has 0 spiro atoms.